The van der Waals surface area contributed by atoms with Crippen molar-refractivity contribution >= 4 is 20.9 Å². The molecule has 2 aromatic carbocycles. The first kappa shape index (κ1) is 16.5. The average Bonchev–Trinajstić information content (AvgIpc) is 3.09. The van der Waals surface area contributed by atoms with E-state index in [1.807, 2.05) is 12.1 Å². The smallest absolute Gasteiger partial charge is 0.268 e. The highest BCUT2D eigenvalue weighted by atomic mass is 32.2. The van der Waals surface area contributed by atoms with E-state index in [4.69, 9.17) is 0 Å². The third-order valence-corrected chi connectivity index (χ3v) is 6.01. The Morgan fingerprint density at radius 3 is 2.38 bits per heavy atom. The highest BCUT2D eigenvalue weighted by Gasteiger charge is 2.26. The van der Waals surface area contributed by atoms with Crippen molar-refractivity contribution < 1.29 is 13.5 Å². The molecule has 1 atom stereocenters. The number of aliphatic hydroxyl groups is 1. The van der Waals surface area contributed by atoms with Crippen LogP contribution in [0.1, 0.15) is 17.4 Å². The van der Waals surface area contributed by atoms with Crippen LogP contribution in [0.4, 0.5) is 0 Å². The minimum Gasteiger partial charge on any atom is -0.382 e. The fraction of sp³-hybridized carbons (Fsp3) is 0.0500. The van der Waals surface area contributed by atoms with E-state index in [2.05, 4.69) is 4.98 Å². The zero-order valence-corrected chi connectivity index (χ0v) is 14.5. The van der Waals surface area contributed by atoms with Gasteiger partial charge in [0.05, 0.1) is 16.1 Å². The molecule has 2 heterocycles. The normalized spacial score (nSPS) is 13.0. The Morgan fingerprint density at radius 2 is 1.65 bits per heavy atom. The number of rotatable bonds is 4. The zero-order chi connectivity index (χ0) is 18.1. The van der Waals surface area contributed by atoms with Crippen LogP contribution in [0.15, 0.2) is 90.1 Å². The molecule has 6 heteroatoms. The first-order valence-corrected chi connectivity index (χ1v) is 9.52. The van der Waals surface area contributed by atoms with Crippen molar-refractivity contribution in [2.24, 2.45) is 0 Å². The number of aliphatic hydroxyl groups excluding tert-OH is 1. The lowest BCUT2D eigenvalue weighted by molar-refractivity contribution is 0.214. The summed E-state index contributed by atoms with van der Waals surface area (Å²) in [7, 11) is -3.87. The molecular formula is C20H16N2O3S. The number of fused-ring (bicyclic) bond motifs is 1. The van der Waals surface area contributed by atoms with E-state index in [0.29, 0.717) is 11.1 Å². The van der Waals surface area contributed by atoms with Crippen LogP contribution in [0.25, 0.3) is 10.9 Å². The first-order chi connectivity index (χ1) is 12.6. The van der Waals surface area contributed by atoms with Crippen LogP contribution in [-0.4, -0.2) is 22.5 Å². The Labute approximate surface area is 151 Å². The fourth-order valence-corrected chi connectivity index (χ4v) is 4.58. The molecule has 130 valence electrons. The maximum absolute atomic E-state index is 13.3. The van der Waals surface area contributed by atoms with Gasteiger partial charge in [-0.1, -0.05) is 42.5 Å². The van der Waals surface area contributed by atoms with Crippen molar-refractivity contribution in [3.63, 3.8) is 0 Å². The Kier molecular flexibility index (Phi) is 4.06. The highest BCUT2D eigenvalue weighted by Crippen LogP contribution is 2.31. The van der Waals surface area contributed by atoms with Crippen molar-refractivity contribution in [2.75, 3.05) is 0 Å². The largest absolute Gasteiger partial charge is 0.382 e. The van der Waals surface area contributed by atoms with Crippen LogP contribution in [0.2, 0.25) is 0 Å². The molecule has 0 aliphatic heterocycles. The van der Waals surface area contributed by atoms with Gasteiger partial charge in [-0.15, -0.1) is 0 Å². The average molecular weight is 364 g/mol. The van der Waals surface area contributed by atoms with Crippen LogP contribution in [0.5, 0.6) is 0 Å². The molecule has 1 N–H and O–H groups in total. The number of benzene rings is 2. The van der Waals surface area contributed by atoms with Crippen molar-refractivity contribution in [1.29, 1.82) is 0 Å². The van der Waals surface area contributed by atoms with Gasteiger partial charge in [0.1, 0.15) is 6.10 Å². The van der Waals surface area contributed by atoms with E-state index >= 15 is 0 Å². The molecule has 2 aromatic heterocycles. The maximum Gasteiger partial charge on any atom is 0.268 e. The second kappa shape index (κ2) is 6.40. The van der Waals surface area contributed by atoms with Gasteiger partial charge in [-0.05, 0) is 30.3 Å². The Morgan fingerprint density at radius 1 is 0.923 bits per heavy atom. The van der Waals surface area contributed by atoms with Gasteiger partial charge in [0, 0.05) is 23.3 Å². The Balaban J connectivity index is 1.99. The molecule has 0 aliphatic carbocycles. The summed E-state index contributed by atoms with van der Waals surface area (Å²) in [5.74, 6) is 0. The van der Waals surface area contributed by atoms with E-state index < -0.39 is 16.1 Å². The molecule has 4 aromatic rings. The molecule has 0 aliphatic rings. The van der Waals surface area contributed by atoms with Gasteiger partial charge in [0.15, 0.2) is 0 Å². The van der Waals surface area contributed by atoms with Gasteiger partial charge in [-0.3, -0.25) is 4.98 Å². The van der Waals surface area contributed by atoms with E-state index in [1.165, 1.54) is 10.2 Å². The fourth-order valence-electron chi connectivity index (χ4n) is 3.02. The summed E-state index contributed by atoms with van der Waals surface area (Å²) >= 11 is 0. The lowest BCUT2D eigenvalue weighted by atomic mass is 10.1. The number of aromatic nitrogens is 2. The van der Waals surface area contributed by atoms with Crippen LogP contribution >= 0.6 is 0 Å². The van der Waals surface area contributed by atoms with Crippen LogP contribution in [-0.2, 0) is 10.0 Å². The Hall–Kier alpha value is -2.96. The van der Waals surface area contributed by atoms with Crippen molar-refractivity contribution in [1.82, 2.24) is 8.96 Å². The summed E-state index contributed by atoms with van der Waals surface area (Å²) < 4.78 is 27.8. The number of hydrogen-bond donors (Lipinski definition) is 1. The summed E-state index contributed by atoms with van der Waals surface area (Å²) in [6.07, 6.45) is 2.02. The minimum absolute atomic E-state index is 0.168. The molecular weight excluding hydrogens is 348 g/mol. The van der Waals surface area contributed by atoms with Crippen LogP contribution < -0.4 is 0 Å². The van der Waals surface area contributed by atoms with Gasteiger partial charge in [-0.25, -0.2) is 12.4 Å². The summed E-state index contributed by atoms with van der Waals surface area (Å²) in [6.45, 7) is 0. The maximum atomic E-state index is 13.3. The molecule has 5 nitrogen and oxygen atoms in total. The number of pyridine rings is 1. The zero-order valence-electron chi connectivity index (χ0n) is 13.7. The summed E-state index contributed by atoms with van der Waals surface area (Å²) in [6, 6.07) is 20.5. The molecule has 0 amide bonds. The molecule has 4 rings (SSSR count). The number of hydrogen-bond acceptors (Lipinski definition) is 4. The van der Waals surface area contributed by atoms with E-state index in [-0.39, 0.29) is 10.6 Å². The molecule has 0 radical (unpaired) electrons. The van der Waals surface area contributed by atoms with Gasteiger partial charge in [0.25, 0.3) is 10.0 Å². The molecule has 0 spiro atoms. The Bertz CT molecular complexity index is 1150. The quantitative estimate of drug-likeness (QED) is 0.603. The van der Waals surface area contributed by atoms with E-state index in [1.54, 1.807) is 66.9 Å². The van der Waals surface area contributed by atoms with Gasteiger partial charge in [0.2, 0.25) is 0 Å². The van der Waals surface area contributed by atoms with Crippen molar-refractivity contribution in [3.8, 4) is 0 Å². The van der Waals surface area contributed by atoms with Gasteiger partial charge >= 0.3 is 0 Å². The predicted octanol–water partition coefficient (Wildman–Crippen LogP) is 3.36. The lowest BCUT2D eigenvalue weighted by Gasteiger charge is -2.16. The standard InChI is InChI=1S/C20H16N2O3S/c23-20(16-8-6-12-21-14-16)19-13-15-7-4-5-11-18(15)22(19)26(24,25)17-9-2-1-3-10-17/h1-14,20,23H/t20-/m1/s1. The molecule has 0 saturated heterocycles. The van der Waals surface area contributed by atoms with Gasteiger partial charge in [-0.2, -0.15) is 0 Å². The van der Waals surface area contributed by atoms with Crippen molar-refractivity contribution in [3.05, 3.63) is 96.4 Å². The number of nitrogens with zero attached hydrogens (tertiary/aromatic N) is 2. The third-order valence-electron chi connectivity index (χ3n) is 4.26. The SMILES string of the molecule is O=S(=O)(c1ccccc1)n1c([C@H](O)c2cccnc2)cc2ccccc21. The van der Waals surface area contributed by atoms with Gasteiger partial charge < -0.3 is 5.11 Å². The van der Waals surface area contributed by atoms with E-state index in [0.717, 1.165) is 5.39 Å². The molecule has 0 fully saturated rings. The third kappa shape index (κ3) is 2.69. The predicted molar refractivity (Wildman–Crippen MR) is 99.3 cm³/mol. The first-order valence-electron chi connectivity index (χ1n) is 8.08. The monoisotopic (exact) mass is 364 g/mol. The molecule has 0 unspecified atom stereocenters. The second-order valence-electron chi connectivity index (χ2n) is 5.90. The molecule has 26 heavy (non-hydrogen) atoms. The lowest BCUT2D eigenvalue weighted by Crippen LogP contribution is -2.18. The van der Waals surface area contributed by atoms with Crippen LogP contribution in [0.3, 0.4) is 0 Å². The molecule has 0 bridgehead atoms. The summed E-state index contributed by atoms with van der Waals surface area (Å²) in [5.41, 5.74) is 1.33. The highest BCUT2D eigenvalue weighted by molar-refractivity contribution is 7.90. The summed E-state index contributed by atoms with van der Waals surface area (Å²) in [4.78, 5) is 4.18. The molecule has 0 saturated carbocycles. The topological polar surface area (TPSA) is 72.2 Å². The second-order valence-corrected chi connectivity index (χ2v) is 7.69. The van der Waals surface area contributed by atoms with Crippen molar-refractivity contribution in [2.45, 2.75) is 11.0 Å². The minimum atomic E-state index is -3.87. The van der Waals surface area contributed by atoms with E-state index in [9.17, 15) is 13.5 Å². The number of para-hydroxylation sites is 1. The van der Waals surface area contributed by atoms with Crippen LogP contribution in [0, 0.1) is 0 Å². The summed E-state index contributed by atoms with van der Waals surface area (Å²) in [5, 5.41) is 11.6.